The van der Waals surface area contributed by atoms with Crippen molar-refractivity contribution in [3.05, 3.63) is 34.4 Å². The van der Waals surface area contributed by atoms with Gasteiger partial charge in [0.25, 0.3) is 17.5 Å². The van der Waals surface area contributed by atoms with Crippen molar-refractivity contribution in [1.29, 1.82) is 0 Å². The largest absolute Gasteiger partial charge is 0.386 e. The van der Waals surface area contributed by atoms with Crippen LogP contribution in [0, 0.1) is 10.1 Å². The normalized spacial score (nSPS) is 20.0. The van der Waals surface area contributed by atoms with Crippen LogP contribution < -0.4 is 5.32 Å². The summed E-state index contributed by atoms with van der Waals surface area (Å²) in [5.74, 6) is -0.779. The number of amides is 2. The molecule has 1 aromatic carbocycles. The summed E-state index contributed by atoms with van der Waals surface area (Å²) in [4.78, 5) is 40.8. The molecule has 0 aliphatic carbocycles. The molecule has 2 rings (SSSR count). The monoisotopic (exact) mass is 362 g/mol. The molecule has 0 bridgehead atoms. The second-order valence-corrected chi connectivity index (χ2v) is 6.23. The number of benzene rings is 1. The predicted octanol–water partition coefficient (Wildman–Crippen LogP) is 2.33. The third-order valence-corrected chi connectivity index (χ3v) is 4.24. The van der Waals surface area contributed by atoms with Gasteiger partial charge < -0.3 is 15.1 Å². The zero-order valence-electron chi connectivity index (χ0n) is 14.8. The number of hydrogen-bond acceptors (Lipinski definition) is 6. The van der Waals surface area contributed by atoms with Gasteiger partial charge in [0.2, 0.25) is 0 Å². The third-order valence-electron chi connectivity index (χ3n) is 4.24. The first kappa shape index (κ1) is 19.4. The lowest BCUT2D eigenvalue weighted by atomic mass is 9.97. The molecule has 1 aliphatic heterocycles. The van der Waals surface area contributed by atoms with Crippen LogP contribution in [0.1, 0.15) is 33.1 Å². The number of oxime groups is 1. The molecule has 2 atom stereocenters. The summed E-state index contributed by atoms with van der Waals surface area (Å²) in [5.41, 5.74) is 0.133. The van der Waals surface area contributed by atoms with Gasteiger partial charge in [-0.05, 0) is 39.2 Å². The SMILES string of the molecule is C[C@H]1CCC[C@H](C)N1C(=O)CO/N=C\C(=O)Nc1cccc([N+](=O)[O-])c1. The first-order valence-electron chi connectivity index (χ1n) is 8.40. The van der Waals surface area contributed by atoms with E-state index in [0.29, 0.717) is 0 Å². The molecule has 0 saturated carbocycles. The summed E-state index contributed by atoms with van der Waals surface area (Å²) < 4.78 is 0. The van der Waals surface area contributed by atoms with Gasteiger partial charge in [-0.3, -0.25) is 19.7 Å². The Kier molecular flexibility index (Phi) is 6.65. The minimum absolute atomic E-state index is 0.133. The number of nitro groups is 1. The van der Waals surface area contributed by atoms with E-state index in [4.69, 9.17) is 4.84 Å². The number of hydrogen-bond donors (Lipinski definition) is 1. The van der Waals surface area contributed by atoms with E-state index in [0.717, 1.165) is 25.5 Å². The van der Waals surface area contributed by atoms with Gasteiger partial charge >= 0.3 is 0 Å². The molecule has 0 unspecified atom stereocenters. The van der Waals surface area contributed by atoms with Crippen molar-refractivity contribution in [3.8, 4) is 0 Å². The lowest BCUT2D eigenvalue weighted by molar-refractivity contribution is -0.384. The second-order valence-electron chi connectivity index (χ2n) is 6.23. The molecule has 9 heteroatoms. The summed E-state index contributed by atoms with van der Waals surface area (Å²) in [5, 5.41) is 16.6. The Morgan fingerprint density at radius 2 is 2.08 bits per heavy atom. The topological polar surface area (TPSA) is 114 Å². The van der Waals surface area contributed by atoms with Gasteiger partial charge in [-0.15, -0.1) is 0 Å². The van der Waals surface area contributed by atoms with Crippen LogP contribution in [-0.4, -0.2) is 46.5 Å². The standard InChI is InChI=1S/C17H22N4O5/c1-12-5-3-6-13(2)20(12)17(23)11-26-18-10-16(22)19-14-7-4-8-15(9-14)21(24)25/h4,7-10,12-13H,3,5-6,11H2,1-2H3,(H,19,22)/b18-10-/t12-,13-/m0/s1. The van der Waals surface area contributed by atoms with Crippen LogP contribution in [0.4, 0.5) is 11.4 Å². The van der Waals surface area contributed by atoms with E-state index in [1.54, 1.807) is 4.90 Å². The Balaban J connectivity index is 1.81. The van der Waals surface area contributed by atoms with Gasteiger partial charge in [-0.25, -0.2) is 0 Å². The maximum Gasteiger partial charge on any atom is 0.271 e. The highest BCUT2D eigenvalue weighted by Gasteiger charge is 2.28. The average molecular weight is 362 g/mol. The fourth-order valence-electron chi connectivity index (χ4n) is 3.04. The molecule has 1 N–H and O–H groups in total. The first-order valence-corrected chi connectivity index (χ1v) is 8.40. The number of piperidine rings is 1. The average Bonchev–Trinajstić information content (AvgIpc) is 2.59. The zero-order chi connectivity index (χ0) is 19.1. The fraction of sp³-hybridized carbons (Fsp3) is 0.471. The number of nitro benzene ring substituents is 1. The van der Waals surface area contributed by atoms with Crippen molar-refractivity contribution in [3.63, 3.8) is 0 Å². The number of non-ortho nitro benzene ring substituents is 1. The van der Waals surface area contributed by atoms with Crippen molar-refractivity contribution >= 4 is 29.4 Å². The van der Waals surface area contributed by atoms with Crippen LogP contribution in [0.2, 0.25) is 0 Å². The number of anilines is 1. The molecular weight excluding hydrogens is 340 g/mol. The molecule has 9 nitrogen and oxygen atoms in total. The van der Waals surface area contributed by atoms with E-state index in [1.807, 2.05) is 13.8 Å². The molecule has 26 heavy (non-hydrogen) atoms. The number of rotatable bonds is 6. The van der Waals surface area contributed by atoms with E-state index in [-0.39, 0.29) is 36.0 Å². The van der Waals surface area contributed by atoms with E-state index in [9.17, 15) is 19.7 Å². The maximum absolute atomic E-state index is 12.2. The molecule has 1 aliphatic rings. The van der Waals surface area contributed by atoms with Crippen molar-refractivity contribution in [1.82, 2.24) is 4.90 Å². The van der Waals surface area contributed by atoms with Crippen LogP contribution in [0.15, 0.2) is 29.4 Å². The van der Waals surface area contributed by atoms with Crippen molar-refractivity contribution in [2.24, 2.45) is 5.16 Å². The molecule has 140 valence electrons. The van der Waals surface area contributed by atoms with Crippen molar-refractivity contribution in [2.45, 2.75) is 45.2 Å². The van der Waals surface area contributed by atoms with Crippen molar-refractivity contribution < 1.29 is 19.3 Å². The van der Waals surface area contributed by atoms with E-state index in [2.05, 4.69) is 10.5 Å². The van der Waals surface area contributed by atoms with Gasteiger partial charge in [0.15, 0.2) is 6.61 Å². The third kappa shape index (κ3) is 5.27. The highest BCUT2D eigenvalue weighted by molar-refractivity contribution is 6.31. The lowest BCUT2D eigenvalue weighted by Crippen LogP contribution is -2.48. The number of carbonyl (C=O) groups excluding carboxylic acids is 2. The summed E-state index contributed by atoms with van der Waals surface area (Å²) >= 11 is 0. The molecule has 0 aromatic heterocycles. The fourth-order valence-corrected chi connectivity index (χ4v) is 3.04. The maximum atomic E-state index is 12.2. The Bertz CT molecular complexity index is 696. The number of nitrogens with zero attached hydrogens (tertiary/aromatic N) is 3. The number of carbonyl (C=O) groups is 2. The summed E-state index contributed by atoms with van der Waals surface area (Å²) in [6.45, 7) is 3.77. The minimum atomic E-state index is -0.613. The van der Waals surface area contributed by atoms with E-state index < -0.39 is 10.8 Å². The van der Waals surface area contributed by atoms with E-state index in [1.165, 1.54) is 24.3 Å². The highest BCUT2D eigenvalue weighted by Crippen LogP contribution is 2.22. The minimum Gasteiger partial charge on any atom is -0.386 e. The Hall–Kier alpha value is -2.97. The van der Waals surface area contributed by atoms with Gasteiger partial charge in [-0.1, -0.05) is 11.2 Å². The Morgan fingerprint density at radius 1 is 1.38 bits per heavy atom. The highest BCUT2D eigenvalue weighted by atomic mass is 16.6. The second kappa shape index (κ2) is 8.93. The van der Waals surface area contributed by atoms with Crippen LogP contribution in [0.25, 0.3) is 0 Å². The number of likely N-dealkylation sites (tertiary alicyclic amines) is 1. The molecule has 2 amide bonds. The van der Waals surface area contributed by atoms with Gasteiger partial charge in [0, 0.05) is 29.9 Å². The van der Waals surface area contributed by atoms with Gasteiger partial charge in [0.05, 0.1) is 4.92 Å². The van der Waals surface area contributed by atoms with Crippen LogP contribution in [0.5, 0.6) is 0 Å². The first-order chi connectivity index (χ1) is 12.4. The number of nitrogens with one attached hydrogen (secondary N) is 1. The smallest absolute Gasteiger partial charge is 0.271 e. The summed E-state index contributed by atoms with van der Waals surface area (Å²) in [6, 6.07) is 5.85. The molecule has 1 heterocycles. The lowest BCUT2D eigenvalue weighted by Gasteiger charge is -2.38. The Morgan fingerprint density at radius 3 is 2.73 bits per heavy atom. The van der Waals surface area contributed by atoms with Gasteiger partial charge in [-0.2, -0.15) is 0 Å². The molecule has 1 aromatic rings. The van der Waals surface area contributed by atoms with Crippen LogP contribution >= 0.6 is 0 Å². The molecule has 1 fully saturated rings. The van der Waals surface area contributed by atoms with Crippen LogP contribution in [-0.2, 0) is 14.4 Å². The Labute approximate surface area is 151 Å². The molecular formula is C17H22N4O5. The summed E-state index contributed by atoms with van der Waals surface area (Å²) in [6.07, 6.45) is 3.91. The summed E-state index contributed by atoms with van der Waals surface area (Å²) in [7, 11) is 0. The predicted molar refractivity (Wildman–Crippen MR) is 95.8 cm³/mol. The molecule has 1 saturated heterocycles. The quantitative estimate of drug-likeness (QED) is 0.474. The molecule has 0 radical (unpaired) electrons. The van der Waals surface area contributed by atoms with Gasteiger partial charge in [0.1, 0.15) is 6.21 Å². The molecule has 0 spiro atoms. The zero-order valence-corrected chi connectivity index (χ0v) is 14.8. The van der Waals surface area contributed by atoms with Crippen molar-refractivity contribution in [2.75, 3.05) is 11.9 Å². The van der Waals surface area contributed by atoms with E-state index >= 15 is 0 Å². The van der Waals surface area contributed by atoms with Crippen LogP contribution in [0.3, 0.4) is 0 Å².